The summed E-state index contributed by atoms with van der Waals surface area (Å²) >= 11 is 0. The minimum atomic E-state index is 0.550. The molecule has 0 aliphatic heterocycles. The Morgan fingerprint density at radius 2 is 0.746 bits per heavy atom. The molecule has 0 saturated heterocycles. The second kappa shape index (κ2) is 14.0. The van der Waals surface area contributed by atoms with E-state index >= 15 is 0 Å². The minimum Gasteiger partial charge on any atom is -0.307 e. The molecule has 6 heteroatoms. The number of benzene rings is 9. The molecule has 13 rings (SSSR count). The van der Waals surface area contributed by atoms with Crippen molar-refractivity contribution in [3.8, 4) is 51.2 Å². The lowest BCUT2D eigenvalue weighted by atomic mass is 10.0. The van der Waals surface area contributed by atoms with Gasteiger partial charge in [-0.1, -0.05) is 170 Å². The first-order valence-corrected chi connectivity index (χ1v) is 21.3. The SMILES string of the molecule is c1ccc(-c2cccc(-c3nc(-c4ccccc4)nc(-n4c5ccccc5c5c(-n6c7ccccc7c7ccccc76)c6c(cc54)c4ccccc4n6-c4ccccc4)n3)c2)cc1. The van der Waals surface area contributed by atoms with E-state index < -0.39 is 0 Å². The Hall–Kier alpha value is -8.61. The van der Waals surface area contributed by atoms with Gasteiger partial charge in [-0.3, -0.25) is 4.57 Å². The van der Waals surface area contributed by atoms with E-state index in [9.17, 15) is 0 Å². The third-order valence-electron chi connectivity index (χ3n) is 12.5. The van der Waals surface area contributed by atoms with Crippen molar-refractivity contribution in [2.24, 2.45) is 0 Å². The zero-order chi connectivity index (χ0) is 41.4. The van der Waals surface area contributed by atoms with Gasteiger partial charge in [-0.25, -0.2) is 4.98 Å². The molecule has 0 bridgehead atoms. The van der Waals surface area contributed by atoms with Gasteiger partial charge in [-0.15, -0.1) is 0 Å². The molecule has 0 radical (unpaired) electrons. The first kappa shape index (κ1) is 35.2. The number of rotatable bonds is 6. The molecule has 0 amide bonds. The molecule has 294 valence electrons. The molecule has 0 saturated carbocycles. The smallest absolute Gasteiger partial charge is 0.238 e. The third-order valence-corrected chi connectivity index (χ3v) is 12.5. The molecule has 63 heavy (non-hydrogen) atoms. The third kappa shape index (κ3) is 5.41. The van der Waals surface area contributed by atoms with Gasteiger partial charge in [0.2, 0.25) is 5.95 Å². The van der Waals surface area contributed by atoms with E-state index in [0.29, 0.717) is 17.6 Å². The standard InChI is InChI=1S/C57H36N6/c1-4-19-37(20-5-1)39-23-18-24-40(35-39)56-58-55(38-21-6-2-7-22-38)59-57(60-56)63-50-34-17-13-30-45(50)52-51(63)36-46-44-29-12-14-31-47(44)61(41-25-8-3-9-26-41)53(46)54(52)62-48-32-15-10-27-42(48)43-28-11-16-33-49(43)62/h1-36H. The summed E-state index contributed by atoms with van der Waals surface area (Å²) < 4.78 is 7.20. The van der Waals surface area contributed by atoms with Crippen molar-refractivity contribution in [3.63, 3.8) is 0 Å². The molecule has 0 unspecified atom stereocenters. The molecule has 4 aromatic heterocycles. The lowest BCUT2D eigenvalue weighted by Gasteiger charge is -2.17. The molecule has 0 N–H and O–H groups in total. The number of aromatic nitrogens is 6. The Morgan fingerprint density at radius 3 is 1.38 bits per heavy atom. The molecule has 4 heterocycles. The van der Waals surface area contributed by atoms with Gasteiger partial charge in [-0.2, -0.15) is 9.97 Å². The van der Waals surface area contributed by atoms with E-state index in [1.165, 1.54) is 10.8 Å². The van der Waals surface area contributed by atoms with Crippen LogP contribution in [0.15, 0.2) is 218 Å². The van der Waals surface area contributed by atoms with Crippen molar-refractivity contribution in [3.05, 3.63) is 218 Å². The van der Waals surface area contributed by atoms with Gasteiger partial charge in [0.15, 0.2) is 11.6 Å². The predicted molar refractivity (Wildman–Crippen MR) is 259 cm³/mol. The maximum absolute atomic E-state index is 5.42. The summed E-state index contributed by atoms with van der Waals surface area (Å²) in [5.41, 5.74) is 12.8. The molecule has 0 spiro atoms. The maximum atomic E-state index is 5.42. The van der Waals surface area contributed by atoms with Crippen molar-refractivity contribution in [2.75, 3.05) is 0 Å². The van der Waals surface area contributed by atoms with E-state index in [2.05, 4.69) is 208 Å². The molecule has 0 aliphatic carbocycles. The van der Waals surface area contributed by atoms with Crippen LogP contribution in [0.2, 0.25) is 0 Å². The Bertz CT molecular complexity index is 3850. The number of hydrogen-bond acceptors (Lipinski definition) is 3. The molecular weight excluding hydrogens is 769 g/mol. The van der Waals surface area contributed by atoms with E-state index in [-0.39, 0.29) is 0 Å². The zero-order valence-corrected chi connectivity index (χ0v) is 34.0. The van der Waals surface area contributed by atoms with Crippen LogP contribution in [-0.2, 0) is 0 Å². The van der Waals surface area contributed by atoms with E-state index in [4.69, 9.17) is 15.0 Å². The Labute approximate surface area is 362 Å². The fourth-order valence-electron chi connectivity index (χ4n) is 9.77. The average Bonchev–Trinajstić information content (AvgIpc) is 4.00. The summed E-state index contributed by atoms with van der Waals surface area (Å²) in [6.07, 6.45) is 0. The summed E-state index contributed by atoms with van der Waals surface area (Å²) in [6.45, 7) is 0. The summed E-state index contributed by atoms with van der Waals surface area (Å²) in [5, 5.41) is 6.92. The number of hydrogen-bond donors (Lipinski definition) is 0. The van der Waals surface area contributed by atoms with Crippen molar-refractivity contribution in [1.29, 1.82) is 0 Å². The summed E-state index contributed by atoms with van der Waals surface area (Å²) in [7, 11) is 0. The number of fused-ring (bicyclic) bond motifs is 9. The van der Waals surface area contributed by atoms with Gasteiger partial charge in [0.25, 0.3) is 0 Å². The zero-order valence-electron chi connectivity index (χ0n) is 34.0. The van der Waals surface area contributed by atoms with Crippen LogP contribution >= 0.6 is 0 Å². The highest BCUT2D eigenvalue weighted by Crippen LogP contribution is 2.46. The first-order chi connectivity index (χ1) is 31.3. The highest BCUT2D eigenvalue weighted by molar-refractivity contribution is 6.26. The fourth-order valence-corrected chi connectivity index (χ4v) is 9.77. The molecular formula is C57H36N6. The van der Waals surface area contributed by atoms with Crippen molar-refractivity contribution in [2.45, 2.75) is 0 Å². The number of nitrogens with zero attached hydrogens (tertiary/aromatic N) is 6. The summed E-state index contributed by atoms with van der Waals surface area (Å²) in [4.78, 5) is 16.0. The topological polar surface area (TPSA) is 53.5 Å². The predicted octanol–water partition coefficient (Wildman–Crippen LogP) is 14.2. The van der Waals surface area contributed by atoms with Crippen LogP contribution < -0.4 is 0 Å². The van der Waals surface area contributed by atoms with Gasteiger partial charge in [0, 0.05) is 49.1 Å². The molecule has 0 atom stereocenters. The molecule has 0 fully saturated rings. The summed E-state index contributed by atoms with van der Waals surface area (Å²) in [5.74, 6) is 1.76. The Kier molecular flexibility index (Phi) is 7.80. The number of para-hydroxylation sites is 5. The Morgan fingerprint density at radius 1 is 0.286 bits per heavy atom. The first-order valence-electron chi connectivity index (χ1n) is 21.3. The molecule has 9 aromatic carbocycles. The van der Waals surface area contributed by atoms with Crippen molar-refractivity contribution >= 4 is 65.4 Å². The van der Waals surface area contributed by atoms with E-state index in [0.717, 1.165) is 88.3 Å². The largest absolute Gasteiger partial charge is 0.307 e. The van der Waals surface area contributed by atoms with Crippen molar-refractivity contribution in [1.82, 2.24) is 28.7 Å². The van der Waals surface area contributed by atoms with Crippen LogP contribution in [0.25, 0.3) is 117 Å². The van der Waals surface area contributed by atoms with Crippen LogP contribution in [-0.4, -0.2) is 28.7 Å². The molecule has 6 nitrogen and oxygen atoms in total. The minimum absolute atomic E-state index is 0.550. The summed E-state index contributed by atoms with van der Waals surface area (Å²) in [6, 6.07) is 77.3. The van der Waals surface area contributed by atoms with Crippen LogP contribution in [0.3, 0.4) is 0 Å². The van der Waals surface area contributed by atoms with Crippen LogP contribution in [0.1, 0.15) is 0 Å². The molecule has 13 aromatic rings. The quantitative estimate of drug-likeness (QED) is 0.168. The second-order valence-corrected chi connectivity index (χ2v) is 16.0. The van der Waals surface area contributed by atoms with Crippen LogP contribution in [0.5, 0.6) is 0 Å². The molecule has 0 aliphatic rings. The van der Waals surface area contributed by atoms with Gasteiger partial charge < -0.3 is 9.13 Å². The monoisotopic (exact) mass is 804 g/mol. The fraction of sp³-hybridized carbons (Fsp3) is 0. The lowest BCUT2D eigenvalue weighted by Crippen LogP contribution is -2.07. The van der Waals surface area contributed by atoms with Gasteiger partial charge in [0.1, 0.15) is 0 Å². The van der Waals surface area contributed by atoms with Gasteiger partial charge in [0.05, 0.1) is 38.8 Å². The van der Waals surface area contributed by atoms with Crippen LogP contribution in [0, 0.1) is 0 Å². The van der Waals surface area contributed by atoms with Crippen molar-refractivity contribution < 1.29 is 0 Å². The second-order valence-electron chi connectivity index (χ2n) is 16.0. The lowest BCUT2D eigenvalue weighted by molar-refractivity contribution is 0.953. The van der Waals surface area contributed by atoms with E-state index in [1.54, 1.807) is 0 Å². The highest BCUT2D eigenvalue weighted by atomic mass is 15.2. The highest BCUT2D eigenvalue weighted by Gasteiger charge is 2.27. The Balaban J connectivity index is 1.21. The average molecular weight is 805 g/mol. The van der Waals surface area contributed by atoms with Gasteiger partial charge >= 0.3 is 0 Å². The van der Waals surface area contributed by atoms with E-state index in [1.807, 2.05) is 24.3 Å². The van der Waals surface area contributed by atoms with Crippen LogP contribution in [0.4, 0.5) is 0 Å². The maximum Gasteiger partial charge on any atom is 0.238 e. The van der Waals surface area contributed by atoms with Gasteiger partial charge in [-0.05, 0) is 59.7 Å². The normalized spacial score (nSPS) is 11.8.